The van der Waals surface area contributed by atoms with E-state index in [1.54, 1.807) is 6.20 Å². The first kappa shape index (κ1) is 12.1. The fraction of sp³-hybridized carbons (Fsp3) is 0.600. The lowest BCUT2D eigenvalue weighted by Crippen LogP contribution is -2.36. The number of aromatic nitrogens is 2. The molecule has 0 radical (unpaired) electrons. The Morgan fingerprint density at radius 3 is 2.67 bits per heavy atom. The molecule has 0 aromatic carbocycles. The molecule has 4 nitrogen and oxygen atoms in total. The largest absolute Gasteiger partial charge is 0.353 e. The van der Waals surface area contributed by atoms with Crippen molar-refractivity contribution in [1.82, 2.24) is 14.9 Å². The normalized spacial score (nSPS) is 12.9. The van der Waals surface area contributed by atoms with Crippen LogP contribution in [0.5, 0.6) is 0 Å². The number of imidazole rings is 1. The fourth-order valence-electron chi connectivity index (χ4n) is 1.08. The highest BCUT2D eigenvalue weighted by atomic mass is 32.2. The third kappa shape index (κ3) is 3.58. The van der Waals surface area contributed by atoms with E-state index in [0.29, 0.717) is 0 Å². The minimum absolute atomic E-state index is 0.0537. The smallest absolute Gasteiger partial charge is 0.233 e. The van der Waals surface area contributed by atoms with Gasteiger partial charge in [0.15, 0.2) is 5.16 Å². The van der Waals surface area contributed by atoms with Crippen LogP contribution in [0.1, 0.15) is 20.8 Å². The number of hydrogen-bond donors (Lipinski definition) is 1. The van der Waals surface area contributed by atoms with Crippen LogP contribution in [-0.4, -0.2) is 26.8 Å². The zero-order chi connectivity index (χ0) is 11.4. The second kappa shape index (κ2) is 5.21. The first-order valence-corrected chi connectivity index (χ1v) is 5.83. The average molecular weight is 227 g/mol. The van der Waals surface area contributed by atoms with Gasteiger partial charge in [0.1, 0.15) is 0 Å². The lowest BCUT2D eigenvalue weighted by Gasteiger charge is -2.13. The zero-order valence-corrected chi connectivity index (χ0v) is 10.3. The summed E-state index contributed by atoms with van der Waals surface area (Å²) < 4.78 is 1.91. The molecule has 0 fully saturated rings. The number of amides is 1. The van der Waals surface area contributed by atoms with Crippen molar-refractivity contribution in [2.24, 2.45) is 7.05 Å². The minimum atomic E-state index is -0.117. The van der Waals surface area contributed by atoms with Crippen LogP contribution in [0.4, 0.5) is 0 Å². The Hall–Kier alpha value is -0.970. The molecular weight excluding hydrogens is 210 g/mol. The number of nitrogens with zero attached hydrogens (tertiary/aromatic N) is 2. The SMILES string of the molecule is CC(C)NC(=O)C(C)Sc1nccn1C. The molecule has 0 saturated carbocycles. The molecule has 0 aliphatic rings. The summed E-state index contributed by atoms with van der Waals surface area (Å²) in [5, 5.41) is 3.62. The van der Waals surface area contributed by atoms with E-state index in [2.05, 4.69) is 10.3 Å². The van der Waals surface area contributed by atoms with Crippen molar-refractivity contribution in [3.05, 3.63) is 12.4 Å². The lowest BCUT2D eigenvalue weighted by atomic mass is 10.3. The van der Waals surface area contributed by atoms with Crippen LogP contribution in [0.15, 0.2) is 17.6 Å². The number of rotatable bonds is 4. The highest BCUT2D eigenvalue weighted by molar-refractivity contribution is 8.00. The number of carbonyl (C=O) groups is 1. The van der Waals surface area contributed by atoms with Gasteiger partial charge in [-0.1, -0.05) is 11.8 Å². The number of hydrogen-bond acceptors (Lipinski definition) is 3. The van der Waals surface area contributed by atoms with Gasteiger partial charge in [-0.05, 0) is 20.8 Å². The molecular formula is C10H17N3OS. The van der Waals surface area contributed by atoms with Crippen molar-refractivity contribution in [1.29, 1.82) is 0 Å². The van der Waals surface area contributed by atoms with Crippen molar-refractivity contribution >= 4 is 17.7 Å². The highest BCUT2D eigenvalue weighted by Gasteiger charge is 2.16. The Morgan fingerprint density at radius 2 is 2.20 bits per heavy atom. The molecule has 5 heteroatoms. The molecule has 1 N–H and O–H groups in total. The Kier molecular flexibility index (Phi) is 4.20. The van der Waals surface area contributed by atoms with Gasteiger partial charge in [-0.3, -0.25) is 4.79 Å². The molecule has 84 valence electrons. The van der Waals surface area contributed by atoms with Crippen LogP contribution in [0.25, 0.3) is 0 Å². The van der Waals surface area contributed by atoms with Gasteiger partial charge in [-0.25, -0.2) is 4.98 Å². The molecule has 0 aliphatic heterocycles. The van der Waals surface area contributed by atoms with E-state index in [0.717, 1.165) is 5.16 Å². The Morgan fingerprint density at radius 1 is 1.53 bits per heavy atom. The summed E-state index contributed by atoms with van der Waals surface area (Å²) in [4.78, 5) is 15.8. The van der Waals surface area contributed by atoms with Gasteiger partial charge in [0, 0.05) is 25.5 Å². The number of aryl methyl sites for hydroxylation is 1. The van der Waals surface area contributed by atoms with Crippen molar-refractivity contribution in [3.8, 4) is 0 Å². The van der Waals surface area contributed by atoms with E-state index in [1.807, 2.05) is 38.6 Å². The average Bonchev–Trinajstić information content (AvgIpc) is 2.50. The summed E-state index contributed by atoms with van der Waals surface area (Å²) >= 11 is 1.47. The number of thioether (sulfide) groups is 1. The van der Waals surface area contributed by atoms with E-state index < -0.39 is 0 Å². The topological polar surface area (TPSA) is 46.9 Å². The predicted octanol–water partition coefficient (Wildman–Crippen LogP) is 1.43. The van der Waals surface area contributed by atoms with Gasteiger partial charge in [0.2, 0.25) is 5.91 Å². The summed E-state index contributed by atoms with van der Waals surface area (Å²) in [6.07, 6.45) is 3.60. The summed E-state index contributed by atoms with van der Waals surface area (Å²) in [5.41, 5.74) is 0. The Balaban J connectivity index is 2.52. The van der Waals surface area contributed by atoms with E-state index in [4.69, 9.17) is 0 Å². The van der Waals surface area contributed by atoms with Gasteiger partial charge in [0.05, 0.1) is 5.25 Å². The molecule has 0 aliphatic carbocycles. The standard InChI is InChI=1S/C10H17N3OS/c1-7(2)12-9(14)8(3)15-10-11-5-6-13(10)4/h5-8H,1-4H3,(H,12,14). The molecule has 1 atom stereocenters. The third-order valence-electron chi connectivity index (χ3n) is 1.86. The Labute approximate surface area is 94.5 Å². The van der Waals surface area contributed by atoms with Crippen LogP contribution in [0.2, 0.25) is 0 Å². The van der Waals surface area contributed by atoms with Crippen LogP contribution in [-0.2, 0) is 11.8 Å². The second-order valence-electron chi connectivity index (χ2n) is 3.74. The van der Waals surface area contributed by atoms with E-state index in [-0.39, 0.29) is 17.2 Å². The van der Waals surface area contributed by atoms with Crippen molar-refractivity contribution in [3.63, 3.8) is 0 Å². The molecule has 1 aromatic heterocycles. The van der Waals surface area contributed by atoms with Gasteiger partial charge < -0.3 is 9.88 Å². The molecule has 1 amide bonds. The Bertz CT molecular complexity index is 335. The van der Waals surface area contributed by atoms with Crippen LogP contribution >= 0.6 is 11.8 Å². The molecule has 1 aromatic rings. The molecule has 0 bridgehead atoms. The second-order valence-corrected chi connectivity index (χ2v) is 5.05. The number of nitrogens with one attached hydrogen (secondary N) is 1. The summed E-state index contributed by atoms with van der Waals surface area (Å²) in [6.45, 7) is 5.79. The molecule has 1 heterocycles. The van der Waals surface area contributed by atoms with Gasteiger partial charge >= 0.3 is 0 Å². The third-order valence-corrected chi connectivity index (χ3v) is 3.03. The van der Waals surface area contributed by atoms with Crippen molar-refractivity contribution in [2.75, 3.05) is 0 Å². The predicted molar refractivity (Wildman–Crippen MR) is 61.8 cm³/mol. The quantitative estimate of drug-likeness (QED) is 0.791. The van der Waals surface area contributed by atoms with E-state index in [1.165, 1.54) is 11.8 Å². The maximum atomic E-state index is 11.6. The maximum absolute atomic E-state index is 11.6. The minimum Gasteiger partial charge on any atom is -0.353 e. The summed E-state index contributed by atoms with van der Waals surface area (Å²) in [6, 6.07) is 0.182. The van der Waals surface area contributed by atoms with E-state index in [9.17, 15) is 4.79 Å². The number of carbonyl (C=O) groups excluding carboxylic acids is 1. The fourth-order valence-corrected chi connectivity index (χ4v) is 1.92. The molecule has 1 rings (SSSR count). The van der Waals surface area contributed by atoms with Crippen molar-refractivity contribution < 1.29 is 4.79 Å². The van der Waals surface area contributed by atoms with Gasteiger partial charge in [-0.15, -0.1) is 0 Å². The summed E-state index contributed by atoms with van der Waals surface area (Å²) in [7, 11) is 1.92. The monoisotopic (exact) mass is 227 g/mol. The highest BCUT2D eigenvalue weighted by Crippen LogP contribution is 2.20. The van der Waals surface area contributed by atoms with Crippen LogP contribution in [0.3, 0.4) is 0 Å². The summed E-state index contributed by atoms with van der Waals surface area (Å²) in [5.74, 6) is 0.0537. The van der Waals surface area contributed by atoms with Gasteiger partial charge in [-0.2, -0.15) is 0 Å². The first-order valence-electron chi connectivity index (χ1n) is 4.95. The van der Waals surface area contributed by atoms with Crippen LogP contribution in [0, 0.1) is 0 Å². The van der Waals surface area contributed by atoms with Crippen molar-refractivity contribution in [2.45, 2.75) is 37.2 Å². The molecule has 1 unspecified atom stereocenters. The lowest BCUT2D eigenvalue weighted by molar-refractivity contribution is -0.120. The molecule has 0 saturated heterocycles. The molecule has 15 heavy (non-hydrogen) atoms. The molecule has 0 spiro atoms. The maximum Gasteiger partial charge on any atom is 0.233 e. The first-order chi connectivity index (χ1) is 7.00. The van der Waals surface area contributed by atoms with Crippen LogP contribution < -0.4 is 5.32 Å². The van der Waals surface area contributed by atoms with E-state index >= 15 is 0 Å². The van der Waals surface area contributed by atoms with Gasteiger partial charge in [0.25, 0.3) is 0 Å². The zero-order valence-electron chi connectivity index (χ0n) is 9.52.